The summed E-state index contributed by atoms with van der Waals surface area (Å²) in [7, 11) is 0. The largest absolute Gasteiger partial charge is 0.481 e. The molecule has 94 valence electrons. The molecule has 2 heterocycles. The average molecular weight is 262 g/mol. The number of pyridine rings is 1. The minimum absolute atomic E-state index is 0.0939. The third kappa shape index (κ3) is 3.56. The number of anilines is 1. The Morgan fingerprint density at radius 1 is 1.39 bits per heavy atom. The number of thiophene rings is 1. The first-order valence-electron chi connectivity index (χ1n) is 5.58. The van der Waals surface area contributed by atoms with Crippen LogP contribution in [0.15, 0.2) is 30.6 Å². The molecule has 18 heavy (non-hydrogen) atoms. The molecule has 2 rings (SSSR count). The van der Waals surface area contributed by atoms with Gasteiger partial charge in [-0.15, -0.1) is 11.3 Å². The second kappa shape index (κ2) is 5.64. The fraction of sp³-hybridized carbons (Fsp3) is 0.231. The Labute approximate surface area is 109 Å². The number of carboxylic acid groups (broad SMARTS) is 1. The summed E-state index contributed by atoms with van der Waals surface area (Å²) in [5.74, 6) is -0.792. The van der Waals surface area contributed by atoms with Crippen molar-refractivity contribution in [3.63, 3.8) is 0 Å². The zero-order chi connectivity index (χ0) is 13.0. The minimum Gasteiger partial charge on any atom is -0.481 e. The standard InChI is InChI=1S/C13H14N2O2S/c1-9-4-10(7-14-6-9)15-8-12-3-2-11(18-12)5-13(16)17/h2-4,6-7,15H,5,8H2,1H3,(H,16,17). The van der Waals surface area contributed by atoms with Gasteiger partial charge >= 0.3 is 5.97 Å². The Hall–Kier alpha value is -1.88. The minimum atomic E-state index is -0.792. The van der Waals surface area contributed by atoms with Gasteiger partial charge in [0.15, 0.2) is 0 Å². The molecule has 0 aliphatic rings. The van der Waals surface area contributed by atoms with E-state index in [1.54, 1.807) is 12.4 Å². The molecule has 0 aliphatic carbocycles. The van der Waals surface area contributed by atoms with Gasteiger partial charge in [-0.2, -0.15) is 0 Å². The molecule has 2 aromatic rings. The first kappa shape index (κ1) is 12.6. The number of aromatic nitrogens is 1. The Bertz CT molecular complexity index is 551. The van der Waals surface area contributed by atoms with Crippen molar-refractivity contribution < 1.29 is 9.90 Å². The molecule has 0 radical (unpaired) electrons. The van der Waals surface area contributed by atoms with Crippen molar-refractivity contribution in [2.45, 2.75) is 19.9 Å². The molecular weight excluding hydrogens is 248 g/mol. The lowest BCUT2D eigenvalue weighted by atomic mass is 10.3. The van der Waals surface area contributed by atoms with Crippen LogP contribution in [-0.2, 0) is 17.8 Å². The Morgan fingerprint density at radius 3 is 2.89 bits per heavy atom. The van der Waals surface area contributed by atoms with Crippen molar-refractivity contribution >= 4 is 23.0 Å². The highest BCUT2D eigenvalue weighted by Crippen LogP contribution is 2.18. The third-order valence-electron chi connectivity index (χ3n) is 2.38. The molecular formula is C13H14N2O2S. The summed E-state index contributed by atoms with van der Waals surface area (Å²) in [6.07, 6.45) is 3.68. The summed E-state index contributed by atoms with van der Waals surface area (Å²) in [4.78, 5) is 16.7. The van der Waals surface area contributed by atoms with Gasteiger partial charge in [-0.25, -0.2) is 0 Å². The predicted molar refractivity (Wildman–Crippen MR) is 72.0 cm³/mol. The molecule has 0 unspecified atom stereocenters. The lowest BCUT2D eigenvalue weighted by molar-refractivity contribution is -0.136. The number of carbonyl (C=O) groups is 1. The van der Waals surface area contributed by atoms with Crippen molar-refractivity contribution in [1.29, 1.82) is 0 Å². The van der Waals surface area contributed by atoms with Gasteiger partial charge in [0.1, 0.15) is 0 Å². The predicted octanol–water partition coefficient (Wildman–Crippen LogP) is 2.69. The van der Waals surface area contributed by atoms with E-state index in [2.05, 4.69) is 10.3 Å². The zero-order valence-electron chi connectivity index (χ0n) is 10.0. The average Bonchev–Trinajstić information content (AvgIpc) is 2.73. The summed E-state index contributed by atoms with van der Waals surface area (Å²) >= 11 is 1.52. The smallest absolute Gasteiger partial charge is 0.308 e. The molecule has 4 nitrogen and oxygen atoms in total. The monoisotopic (exact) mass is 262 g/mol. The first-order chi connectivity index (χ1) is 8.63. The summed E-state index contributed by atoms with van der Waals surface area (Å²) in [6, 6.07) is 5.85. The van der Waals surface area contributed by atoms with Crippen LogP contribution in [0.5, 0.6) is 0 Å². The van der Waals surface area contributed by atoms with Gasteiger partial charge in [0.05, 0.1) is 12.1 Å². The van der Waals surface area contributed by atoms with Gasteiger partial charge in [0, 0.05) is 28.7 Å². The molecule has 2 aromatic heterocycles. The fourth-order valence-corrected chi connectivity index (χ4v) is 2.55. The SMILES string of the molecule is Cc1cncc(NCc2ccc(CC(=O)O)s2)c1. The van der Waals surface area contributed by atoms with Gasteiger partial charge in [0.25, 0.3) is 0 Å². The second-order valence-corrected chi connectivity index (χ2v) is 5.30. The van der Waals surface area contributed by atoms with Gasteiger partial charge in [-0.05, 0) is 30.7 Å². The van der Waals surface area contributed by atoms with E-state index in [9.17, 15) is 4.79 Å². The van der Waals surface area contributed by atoms with E-state index >= 15 is 0 Å². The van der Waals surface area contributed by atoms with E-state index in [0.717, 1.165) is 21.0 Å². The van der Waals surface area contributed by atoms with Gasteiger partial charge in [-0.3, -0.25) is 9.78 Å². The van der Waals surface area contributed by atoms with Crippen LogP contribution in [0.2, 0.25) is 0 Å². The van der Waals surface area contributed by atoms with Crippen molar-refractivity contribution in [2.75, 3.05) is 5.32 Å². The second-order valence-electron chi connectivity index (χ2n) is 4.04. The van der Waals surface area contributed by atoms with Crippen LogP contribution in [0.3, 0.4) is 0 Å². The van der Waals surface area contributed by atoms with Crippen molar-refractivity contribution in [1.82, 2.24) is 4.98 Å². The number of hydrogen-bond donors (Lipinski definition) is 2. The molecule has 2 N–H and O–H groups in total. The van der Waals surface area contributed by atoms with E-state index in [0.29, 0.717) is 6.54 Å². The molecule has 0 aliphatic heterocycles. The topological polar surface area (TPSA) is 62.2 Å². The van der Waals surface area contributed by atoms with E-state index in [-0.39, 0.29) is 6.42 Å². The molecule has 0 atom stereocenters. The number of carboxylic acids is 1. The van der Waals surface area contributed by atoms with E-state index in [1.165, 1.54) is 11.3 Å². The number of hydrogen-bond acceptors (Lipinski definition) is 4. The molecule has 0 amide bonds. The molecule has 0 fully saturated rings. The summed E-state index contributed by atoms with van der Waals surface area (Å²) in [5, 5.41) is 12.0. The van der Waals surface area contributed by atoms with Gasteiger partial charge in [0.2, 0.25) is 0 Å². The van der Waals surface area contributed by atoms with Crippen LogP contribution < -0.4 is 5.32 Å². The van der Waals surface area contributed by atoms with E-state index < -0.39 is 5.97 Å². The van der Waals surface area contributed by atoms with Crippen LogP contribution in [0.1, 0.15) is 15.3 Å². The fourth-order valence-electron chi connectivity index (χ4n) is 1.60. The lowest BCUT2D eigenvalue weighted by Crippen LogP contribution is -1.98. The lowest BCUT2D eigenvalue weighted by Gasteiger charge is -2.04. The molecule has 0 spiro atoms. The Balaban J connectivity index is 1.94. The van der Waals surface area contributed by atoms with Crippen LogP contribution in [0.4, 0.5) is 5.69 Å². The number of nitrogens with zero attached hydrogens (tertiary/aromatic N) is 1. The van der Waals surface area contributed by atoms with Crippen molar-refractivity contribution in [3.05, 3.63) is 45.9 Å². The summed E-state index contributed by atoms with van der Waals surface area (Å²) in [6.45, 7) is 2.68. The quantitative estimate of drug-likeness (QED) is 0.869. The normalized spacial score (nSPS) is 10.3. The molecule has 0 saturated carbocycles. The van der Waals surface area contributed by atoms with Crippen LogP contribution >= 0.6 is 11.3 Å². The first-order valence-corrected chi connectivity index (χ1v) is 6.40. The summed E-state index contributed by atoms with van der Waals surface area (Å²) < 4.78 is 0. The maximum absolute atomic E-state index is 10.6. The highest BCUT2D eigenvalue weighted by molar-refractivity contribution is 7.12. The highest BCUT2D eigenvalue weighted by Gasteiger charge is 2.04. The maximum atomic E-state index is 10.6. The van der Waals surface area contributed by atoms with Crippen LogP contribution in [-0.4, -0.2) is 16.1 Å². The van der Waals surface area contributed by atoms with Crippen LogP contribution in [0.25, 0.3) is 0 Å². The molecule has 0 bridgehead atoms. The maximum Gasteiger partial charge on any atom is 0.308 e. The Morgan fingerprint density at radius 2 is 2.17 bits per heavy atom. The number of nitrogens with one attached hydrogen (secondary N) is 1. The zero-order valence-corrected chi connectivity index (χ0v) is 10.8. The highest BCUT2D eigenvalue weighted by atomic mass is 32.1. The van der Waals surface area contributed by atoms with E-state index in [4.69, 9.17) is 5.11 Å². The van der Waals surface area contributed by atoms with Crippen molar-refractivity contribution in [3.8, 4) is 0 Å². The molecule has 0 aromatic carbocycles. The number of rotatable bonds is 5. The molecule has 0 saturated heterocycles. The number of aliphatic carboxylic acids is 1. The van der Waals surface area contributed by atoms with Gasteiger partial charge in [-0.1, -0.05) is 0 Å². The number of aryl methyl sites for hydroxylation is 1. The summed E-state index contributed by atoms with van der Waals surface area (Å²) in [5.41, 5.74) is 2.08. The Kier molecular flexibility index (Phi) is 3.94. The van der Waals surface area contributed by atoms with Gasteiger partial charge < -0.3 is 10.4 Å². The molecule has 5 heteroatoms. The third-order valence-corrected chi connectivity index (χ3v) is 3.47. The van der Waals surface area contributed by atoms with Crippen molar-refractivity contribution in [2.24, 2.45) is 0 Å². The van der Waals surface area contributed by atoms with E-state index in [1.807, 2.05) is 25.1 Å². The van der Waals surface area contributed by atoms with Crippen LogP contribution in [0, 0.1) is 6.92 Å².